The molecule has 1 aromatic rings. The monoisotopic (exact) mass is 284 g/mol. The van der Waals surface area contributed by atoms with Crippen LogP contribution < -0.4 is 10.6 Å². The summed E-state index contributed by atoms with van der Waals surface area (Å²) in [6, 6.07) is 7.24. The number of carbonyl (C=O) groups excluding carboxylic acids is 1. The van der Waals surface area contributed by atoms with E-state index in [1.807, 2.05) is 13.8 Å². The molecule has 0 heterocycles. The van der Waals surface area contributed by atoms with Gasteiger partial charge in [0.1, 0.15) is 0 Å². The van der Waals surface area contributed by atoms with Crippen molar-refractivity contribution < 1.29 is 9.90 Å². The number of benzene rings is 1. The molecule has 1 rings (SSSR count). The zero-order valence-electron chi connectivity index (χ0n) is 11.3. The average molecular weight is 285 g/mol. The summed E-state index contributed by atoms with van der Waals surface area (Å²) in [4.78, 5) is 11.4. The van der Waals surface area contributed by atoms with Crippen LogP contribution in [0.15, 0.2) is 24.3 Å². The van der Waals surface area contributed by atoms with Gasteiger partial charge in [-0.2, -0.15) is 0 Å². The maximum atomic E-state index is 11.4. The van der Waals surface area contributed by atoms with Gasteiger partial charge in [-0.25, -0.2) is 0 Å². The van der Waals surface area contributed by atoms with Gasteiger partial charge in [-0.1, -0.05) is 23.7 Å². The maximum Gasteiger partial charge on any atom is 0.221 e. The number of hydrogen-bond donors (Lipinski definition) is 3. The number of halogens is 1. The van der Waals surface area contributed by atoms with Gasteiger partial charge < -0.3 is 15.7 Å². The Balaban J connectivity index is 2.22. The lowest BCUT2D eigenvalue weighted by Gasteiger charge is -2.13. The minimum absolute atomic E-state index is 0.0171. The third-order valence-corrected chi connectivity index (χ3v) is 2.82. The Morgan fingerprint density at radius 3 is 2.53 bits per heavy atom. The predicted octanol–water partition coefficient (Wildman–Crippen LogP) is 1.88. The first-order chi connectivity index (χ1) is 8.99. The second-order valence-electron chi connectivity index (χ2n) is 4.74. The fraction of sp³-hybridized carbons (Fsp3) is 0.500. The highest BCUT2D eigenvalue weighted by Gasteiger charge is 2.07. The molecule has 1 amide bonds. The van der Waals surface area contributed by atoms with Gasteiger partial charge in [0, 0.05) is 30.6 Å². The first-order valence-corrected chi connectivity index (χ1v) is 6.80. The fourth-order valence-corrected chi connectivity index (χ4v) is 1.76. The molecule has 0 radical (unpaired) electrons. The molecule has 0 aliphatic carbocycles. The average Bonchev–Trinajstić information content (AvgIpc) is 2.34. The summed E-state index contributed by atoms with van der Waals surface area (Å²) in [6.45, 7) is 4.81. The molecule has 0 bridgehead atoms. The molecule has 0 aliphatic rings. The largest absolute Gasteiger partial charge is 0.387 e. The molecule has 19 heavy (non-hydrogen) atoms. The van der Waals surface area contributed by atoms with E-state index in [0.29, 0.717) is 24.5 Å². The highest BCUT2D eigenvalue weighted by Crippen LogP contribution is 2.15. The third-order valence-electron chi connectivity index (χ3n) is 2.57. The van der Waals surface area contributed by atoms with Crippen LogP contribution in [0.2, 0.25) is 5.02 Å². The molecule has 1 aromatic carbocycles. The lowest BCUT2D eigenvalue weighted by Crippen LogP contribution is -2.33. The molecule has 106 valence electrons. The van der Waals surface area contributed by atoms with Crippen molar-refractivity contribution >= 4 is 17.5 Å². The van der Waals surface area contributed by atoms with E-state index < -0.39 is 6.10 Å². The Labute approximate surface area is 119 Å². The van der Waals surface area contributed by atoms with Crippen LogP contribution in [-0.4, -0.2) is 30.1 Å². The number of hydrogen-bond acceptors (Lipinski definition) is 3. The van der Waals surface area contributed by atoms with E-state index in [-0.39, 0.29) is 11.9 Å². The minimum Gasteiger partial charge on any atom is -0.387 e. The SMILES string of the molecule is CC(C)NC(=O)CCNCC(O)c1ccc(Cl)cc1. The van der Waals surface area contributed by atoms with Crippen molar-refractivity contribution in [2.75, 3.05) is 13.1 Å². The van der Waals surface area contributed by atoms with Gasteiger partial charge in [-0.3, -0.25) is 4.79 Å². The molecule has 0 saturated heterocycles. The van der Waals surface area contributed by atoms with Crippen LogP contribution in [0.1, 0.15) is 31.9 Å². The third kappa shape index (κ3) is 6.57. The number of carbonyl (C=O) groups is 1. The van der Waals surface area contributed by atoms with Crippen LogP contribution in [0.4, 0.5) is 0 Å². The molecule has 0 spiro atoms. The molecule has 0 fully saturated rings. The summed E-state index contributed by atoms with van der Waals surface area (Å²) < 4.78 is 0. The van der Waals surface area contributed by atoms with Crippen molar-refractivity contribution in [2.24, 2.45) is 0 Å². The van der Waals surface area contributed by atoms with E-state index >= 15 is 0 Å². The molecule has 0 aliphatic heterocycles. The summed E-state index contributed by atoms with van der Waals surface area (Å²) in [5.74, 6) is 0.0171. The summed E-state index contributed by atoms with van der Waals surface area (Å²) >= 11 is 5.78. The molecule has 1 unspecified atom stereocenters. The lowest BCUT2D eigenvalue weighted by molar-refractivity contribution is -0.121. The van der Waals surface area contributed by atoms with Gasteiger partial charge in [0.05, 0.1) is 6.10 Å². The van der Waals surface area contributed by atoms with Crippen molar-refractivity contribution in [2.45, 2.75) is 32.4 Å². The Morgan fingerprint density at radius 2 is 1.95 bits per heavy atom. The number of aliphatic hydroxyl groups is 1. The predicted molar refractivity (Wildman–Crippen MR) is 77.2 cm³/mol. The number of rotatable bonds is 7. The number of aliphatic hydroxyl groups excluding tert-OH is 1. The van der Waals surface area contributed by atoms with Crippen LogP contribution >= 0.6 is 11.6 Å². The number of nitrogens with one attached hydrogen (secondary N) is 2. The molecule has 4 nitrogen and oxygen atoms in total. The van der Waals surface area contributed by atoms with E-state index in [9.17, 15) is 9.90 Å². The van der Waals surface area contributed by atoms with Crippen molar-refractivity contribution in [1.82, 2.24) is 10.6 Å². The van der Waals surface area contributed by atoms with Crippen molar-refractivity contribution in [3.8, 4) is 0 Å². The van der Waals surface area contributed by atoms with Gasteiger partial charge in [0.15, 0.2) is 0 Å². The van der Waals surface area contributed by atoms with Crippen LogP contribution in [0.3, 0.4) is 0 Å². The van der Waals surface area contributed by atoms with Crippen molar-refractivity contribution in [3.63, 3.8) is 0 Å². The summed E-state index contributed by atoms with van der Waals surface area (Å²) in [7, 11) is 0. The van der Waals surface area contributed by atoms with Gasteiger partial charge in [-0.05, 0) is 31.5 Å². The summed E-state index contributed by atoms with van der Waals surface area (Å²) in [5.41, 5.74) is 0.809. The molecule has 0 aromatic heterocycles. The molecular formula is C14H21ClN2O2. The first-order valence-electron chi connectivity index (χ1n) is 6.42. The molecule has 1 atom stereocenters. The smallest absolute Gasteiger partial charge is 0.221 e. The van der Waals surface area contributed by atoms with E-state index in [4.69, 9.17) is 11.6 Å². The van der Waals surface area contributed by atoms with Crippen LogP contribution in [0.5, 0.6) is 0 Å². The highest BCUT2D eigenvalue weighted by molar-refractivity contribution is 6.30. The molecular weight excluding hydrogens is 264 g/mol. The maximum absolute atomic E-state index is 11.4. The Kier molecular flexibility index (Phi) is 6.84. The quantitative estimate of drug-likeness (QED) is 0.670. The Hall–Kier alpha value is -1.10. The molecule has 3 N–H and O–H groups in total. The molecule has 5 heteroatoms. The van der Waals surface area contributed by atoms with Crippen LogP contribution in [0.25, 0.3) is 0 Å². The normalized spacial score (nSPS) is 12.5. The fourth-order valence-electron chi connectivity index (χ4n) is 1.64. The van der Waals surface area contributed by atoms with E-state index in [2.05, 4.69) is 10.6 Å². The van der Waals surface area contributed by atoms with E-state index in [1.165, 1.54) is 0 Å². The second-order valence-corrected chi connectivity index (χ2v) is 5.18. The van der Waals surface area contributed by atoms with Crippen LogP contribution in [-0.2, 0) is 4.79 Å². The zero-order valence-corrected chi connectivity index (χ0v) is 12.1. The Morgan fingerprint density at radius 1 is 1.32 bits per heavy atom. The van der Waals surface area contributed by atoms with Gasteiger partial charge >= 0.3 is 0 Å². The van der Waals surface area contributed by atoms with Crippen LogP contribution in [0, 0.1) is 0 Å². The topological polar surface area (TPSA) is 61.4 Å². The summed E-state index contributed by atoms with van der Waals surface area (Å²) in [6.07, 6.45) is -0.184. The summed E-state index contributed by atoms with van der Waals surface area (Å²) in [5, 5.41) is 16.4. The van der Waals surface area contributed by atoms with Gasteiger partial charge in [-0.15, -0.1) is 0 Å². The molecule has 0 saturated carbocycles. The standard InChI is InChI=1S/C14H21ClN2O2/c1-10(2)17-14(19)7-8-16-9-13(18)11-3-5-12(15)6-4-11/h3-6,10,13,16,18H,7-9H2,1-2H3,(H,17,19). The van der Waals surface area contributed by atoms with E-state index in [1.54, 1.807) is 24.3 Å². The number of amides is 1. The van der Waals surface area contributed by atoms with Gasteiger partial charge in [0.2, 0.25) is 5.91 Å². The van der Waals surface area contributed by atoms with Crippen molar-refractivity contribution in [1.29, 1.82) is 0 Å². The first kappa shape index (κ1) is 16.0. The highest BCUT2D eigenvalue weighted by atomic mass is 35.5. The van der Waals surface area contributed by atoms with E-state index in [0.717, 1.165) is 5.56 Å². The zero-order chi connectivity index (χ0) is 14.3. The minimum atomic E-state index is -0.592. The Bertz CT molecular complexity index is 393. The lowest BCUT2D eigenvalue weighted by atomic mass is 10.1. The van der Waals surface area contributed by atoms with Gasteiger partial charge in [0.25, 0.3) is 0 Å². The second kappa shape index (κ2) is 8.15. The van der Waals surface area contributed by atoms with Crippen molar-refractivity contribution in [3.05, 3.63) is 34.9 Å².